The minimum absolute atomic E-state index is 0.161. The van der Waals surface area contributed by atoms with Crippen molar-refractivity contribution in [2.45, 2.75) is 13.5 Å². The Labute approximate surface area is 125 Å². The van der Waals surface area contributed by atoms with Gasteiger partial charge >= 0.3 is 5.97 Å². The highest BCUT2D eigenvalue weighted by molar-refractivity contribution is 7.10. The lowest BCUT2D eigenvalue weighted by Crippen LogP contribution is -2.09. The lowest BCUT2D eigenvalue weighted by molar-refractivity contribution is 0.0469. The number of hydrogen-bond acceptors (Lipinski definition) is 6. The number of hydrogen-bond donors (Lipinski definition) is 1. The number of aromatic nitrogens is 1. The molecular weight excluding hydrogens is 293 g/mol. The first-order chi connectivity index (χ1) is 10.1. The molecular formula is C14H12FN3O2S. The van der Waals surface area contributed by atoms with Crippen molar-refractivity contribution < 1.29 is 13.9 Å². The summed E-state index contributed by atoms with van der Waals surface area (Å²) >= 11 is 1.16. The first kappa shape index (κ1) is 14.9. The number of nitrogens with one attached hydrogen (secondary N) is 1. The first-order valence-corrected chi connectivity index (χ1v) is 6.83. The van der Waals surface area contributed by atoms with Gasteiger partial charge < -0.3 is 10.1 Å². The molecule has 0 aliphatic carbocycles. The zero-order valence-electron chi connectivity index (χ0n) is 11.4. The SMILES string of the molecule is CNc1snc(C)c1C(=O)OCc1cc(C#N)ccc1F. The highest BCUT2D eigenvalue weighted by atomic mass is 32.1. The van der Waals surface area contributed by atoms with Crippen molar-refractivity contribution >= 4 is 22.5 Å². The Morgan fingerprint density at radius 1 is 1.57 bits per heavy atom. The Bertz CT molecular complexity index is 721. The van der Waals surface area contributed by atoms with Gasteiger partial charge in [0.1, 0.15) is 23.0 Å². The van der Waals surface area contributed by atoms with Gasteiger partial charge in [0, 0.05) is 12.6 Å². The van der Waals surface area contributed by atoms with Crippen molar-refractivity contribution in [1.29, 1.82) is 5.26 Å². The topological polar surface area (TPSA) is 75.0 Å². The number of benzene rings is 1. The van der Waals surface area contributed by atoms with Gasteiger partial charge in [-0.1, -0.05) is 0 Å². The molecule has 0 spiro atoms. The van der Waals surface area contributed by atoms with Crippen LogP contribution in [0.4, 0.5) is 9.39 Å². The average Bonchev–Trinajstić information content (AvgIpc) is 2.87. The van der Waals surface area contributed by atoms with Crippen LogP contribution in [0.25, 0.3) is 0 Å². The third-order valence-corrected chi connectivity index (χ3v) is 3.78. The third kappa shape index (κ3) is 3.17. The number of ether oxygens (including phenoxy) is 1. The molecule has 2 rings (SSSR count). The third-order valence-electron chi connectivity index (χ3n) is 2.83. The van der Waals surface area contributed by atoms with Gasteiger partial charge in [-0.2, -0.15) is 9.64 Å². The van der Waals surface area contributed by atoms with Crippen LogP contribution < -0.4 is 5.32 Å². The van der Waals surface area contributed by atoms with Gasteiger partial charge in [-0.05, 0) is 36.7 Å². The average molecular weight is 305 g/mol. The monoisotopic (exact) mass is 305 g/mol. The summed E-state index contributed by atoms with van der Waals surface area (Å²) in [6.45, 7) is 1.46. The summed E-state index contributed by atoms with van der Waals surface area (Å²) in [4.78, 5) is 12.1. The van der Waals surface area contributed by atoms with E-state index in [1.54, 1.807) is 14.0 Å². The van der Waals surface area contributed by atoms with E-state index in [4.69, 9.17) is 10.00 Å². The van der Waals surface area contributed by atoms with Crippen LogP contribution in [0.3, 0.4) is 0 Å². The number of carbonyl (C=O) groups is 1. The number of halogens is 1. The summed E-state index contributed by atoms with van der Waals surface area (Å²) in [5, 5.41) is 12.3. The molecule has 0 saturated carbocycles. The Kier molecular flexibility index (Phi) is 4.50. The molecule has 0 amide bonds. The van der Waals surface area contributed by atoms with Gasteiger partial charge in [-0.15, -0.1) is 0 Å². The molecule has 0 aliphatic heterocycles. The largest absolute Gasteiger partial charge is 0.457 e. The van der Waals surface area contributed by atoms with Crippen molar-refractivity contribution in [3.05, 3.63) is 46.4 Å². The second-order valence-electron chi connectivity index (χ2n) is 4.22. The van der Waals surface area contributed by atoms with Crippen LogP contribution in [0.2, 0.25) is 0 Å². The maximum Gasteiger partial charge on any atom is 0.343 e. The predicted molar refractivity (Wildman–Crippen MR) is 76.6 cm³/mol. The van der Waals surface area contributed by atoms with Gasteiger partial charge in [0.25, 0.3) is 0 Å². The normalized spacial score (nSPS) is 10.0. The minimum atomic E-state index is -0.577. The van der Waals surface area contributed by atoms with Gasteiger partial charge in [-0.25, -0.2) is 9.18 Å². The van der Waals surface area contributed by atoms with E-state index in [9.17, 15) is 9.18 Å². The zero-order chi connectivity index (χ0) is 15.4. The van der Waals surface area contributed by atoms with E-state index < -0.39 is 11.8 Å². The van der Waals surface area contributed by atoms with E-state index in [2.05, 4.69) is 9.69 Å². The lowest BCUT2D eigenvalue weighted by atomic mass is 10.1. The van der Waals surface area contributed by atoms with Crippen molar-refractivity contribution in [2.24, 2.45) is 0 Å². The van der Waals surface area contributed by atoms with Crippen LogP contribution >= 0.6 is 11.5 Å². The van der Waals surface area contributed by atoms with Crippen molar-refractivity contribution in [3.8, 4) is 6.07 Å². The summed E-state index contributed by atoms with van der Waals surface area (Å²) in [6.07, 6.45) is 0. The molecule has 0 saturated heterocycles. The Morgan fingerprint density at radius 2 is 2.33 bits per heavy atom. The van der Waals surface area contributed by atoms with E-state index in [0.29, 0.717) is 21.8 Å². The molecule has 108 valence electrons. The minimum Gasteiger partial charge on any atom is -0.457 e. The van der Waals surface area contributed by atoms with E-state index in [0.717, 1.165) is 11.5 Å². The Balaban J connectivity index is 2.15. The standard InChI is InChI=1S/C14H12FN3O2S/c1-8-12(13(17-2)21-18-8)14(19)20-7-10-5-9(6-16)3-4-11(10)15/h3-5,17H,7H2,1-2H3. The molecule has 0 bridgehead atoms. The molecule has 0 fully saturated rings. The highest BCUT2D eigenvalue weighted by Gasteiger charge is 2.19. The van der Waals surface area contributed by atoms with Gasteiger partial charge in [0.2, 0.25) is 0 Å². The van der Waals surface area contributed by atoms with Crippen molar-refractivity contribution in [2.75, 3.05) is 12.4 Å². The molecule has 2 aromatic rings. The number of aryl methyl sites for hydroxylation is 1. The molecule has 1 aromatic carbocycles. The van der Waals surface area contributed by atoms with Crippen LogP contribution in [0, 0.1) is 24.1 Å². The van der Waals surface area contributed by atoms with Gasteiger partial charge in [-0.3, -0.25) is 0 Å². The Hall–Kier alpha value is -2.46. The predicted octanol–water partition coefficient (Wildman–Crippen LogP) is 2.86. The molecule has 0 atom stereocenters. The molecule has 0 radical (unpaired) electrons. The van der Waals surface area contributed by atoms with Gasteiger partial charge in [0.15, 0.2) is 0 Å². The summed E-state index contributed by atoms with van der Waals surface area (Å²) in [5.41, 5.74) is 1.38. The maximum atomic E-state index is 13.6. The number of carbonyl (C=O) groups excluding carboxylic acids is 1. The number of nitriles is 1. The quantitative estimate of drug-likeness (QED) is 0.879. The summed E-state index contributed by atoms with van der Waals surface area (Å²) in [7, 11) is 1.68. The molecule has 5 nitrogen and oxygen atoms in total. The van der Waals surface area contributed by atoms with Crippen molar-refractivity contribution in [3.63, 3.8) is 0 Å². The van der Waals surface area contributed by atoms with Crippen LogP contribution in [0.5, 0.6) is 0 Å². The maximum absolute atomic E-state index is 13.6. The smallest absolute Gasteiger partial charge is 0.343 e. The van der Waals surface area contributed by atoms with E-state index in [1.165, 1.54) is 18.2 Å². The second kappa shape index (κ2) is 6.33. The van der Waals surface area contributed by atoms with E-state index in [-0.39, 0.29) is 12.2 Å². The van der Waals surface area contributed by atoms with Crippen LogP contribution in [0.15, 0.2) is 18.2 Å². The number of esters is 1. The molecule has 0 unspecified atom stereocenters. The number of anilines is 1. The van der Waals surface area contributed by atoms with Crippen molar-refractivity contribution in [1.82, 2.24) is 4.37 Å². The molecule has 1 heterocycles. The lowest BCUT2D eigenvalue weighted by Gasteiger charge is -2.07. The van der Waals surface area contributed by atoms with Gasteiger partial charge in [0.05, 0.1) is 17.3 Å². The molecule has 7 heteroatoms. The molecule has 1 N–H and O–H groups in total. The summed E-state index contributed by atoms with van der Waals surface area (Å²) < 4.78 is 22.8. The van der Waals surface area contributed by atoms with Crippen LogP contribution in [-0.2, 0) is 11.3 Å². The zero-order valence-corrected chi connectivity index (χ0v) is 12.3. The Morgan fingerprint density at radius 3 is 3.00 bits per heavy atom. The summed E-state index contributed by atoms with van der Waals surface area (Å²) in [6, 6.07) is 5.82. The molecule has 1 aromatic heterocycles. The fraction of sp³-hybridized carbons (Fsp3) is 0.214. The number of rotatable bonds is 4. The van der Waals surface area contributed by atoms with Crippen LogP contribution in [-0.4, -0.2) is 17.4 Å². The summed E-state index contributed by atoms with van der Waals surface area (Å²) in [5.74, 6) is -1.09. The number of nitrogens with zero attached hydrogens (tertiary/aromatic N) is 2. The fourth-order valence-corrected chi connectivity index (χ4v) is 2.48. The second-order valence-corrected chi connectivity index (χ2v) is 4.99. The molecule has 21 heavy (non-hydrogen) atoms. The van der Waals surface area contributed by atoms with E-state index in [1.807, 2.05) is 6.07 Å². The van der Waals surface area contributed by atoms with Crippen LogP contribution in [0.1, 0.15) is 27.2 Å². The molecule has 0 aliphatic rings. The highest BCUT2D eigenvalue weighted by Crippen LogP contribution is 2.25. The first-order valence-electron chi connectivity index (χ1n) is 6.06. The van der Waals surface area contributed by atoms with E-state index >= 15 is 0 Å². The fourth-order valence-electron chi connectivity index (χ4n) is 1.75.